The normalized spacial score (nSPS) is 23.6. The summed E-state index contributed by atoms with van der Waals surface area (Å²) in [6.45, 7) is 9.61. The molecule has 0 bridgehead atoms. The number of ether oxygens (including phenoxy) is 1. The van der Waals surface area contributed by atoms with Gasteiger partial charge >= 0.3 is 12.3 Å². The van der Waals surface area contributed by atoms with Crippen LogP contribution in [-0.4, -0.2) is 59.6 Å². The smallest absolute Gasteiger partial charge is 0.416 e. The lowest BCUT2D eigenvalue weighted by atomic mass is 9.97. The maximum atomic E-state index is 13.2. The Morgan fingerprint density at radius 2 is 1.80 bits per heavy atom. The molecule has 35 heavy (non-hydrogen) atoms. The molecule has 9 heteroatoms. The Bertz CT molecular complexity index is 883. The number of benzene rings is 1. The van der Waals surface area contributed by atoms with Crippen molar-refractivity contribution in [3.8, 4) is 0 Å². The number of halogens is 3. The summed E-state index contributed by atoms with van der Waals surface area (Å²) in [5, 5.41) is 3.20. The van der Waals surface area contributed by atoms with Gasteiger partial charge in [0.15, 0.2) is 0 Å². The average molecular weight is 498 g/mol. The van der Waals surface area contributed by atoms with E-state index in [9.17, 15) is 22.8 Å². The van der Waals surface area contributed by atoms with E-state index in [0.717, 1.165) is 50.0 Å². The molecule has 1 unspecified atom stereocenters. The summed E-state index contributed by atoms with van der Waals surface area (Å²) >= 11 is 0. The molecule has 1 aromatic rings. The summed E-state index contributed by atoms with van der Waals surface area (Å²) in [4.78, 5) is 29.4. The van der Waals surface area contributed by atoms with Crippen LogP contribution in [0.15, 0.2) is 24.3 Å². The number of hydrogen-bond acceptors (Lipinski definition) is 4. The SMILES string of the molecule is CCCC(C(=O)N[C@@H]1CC[C@H]2CN(Cc3ccc(C(F)(F)F)cc3)C[C@H]21)N(C)C(=O)OC(C)(C)C. The molecule has 2 amide bonds. The van der Waals surface area contributed by atoms with E-state index < -0.39 is 29.5 Å². The standard InChI is InChI=1S/C26H38F3N3O3/c1-6-7-22(31(5)24(34)35-25(2,3)4)23(33)30-21-13-10-18-15-32(16-20(18)21)14-17-8-11-19(12-9-17)26(27,28)29/h8-9,11-12,18,20-22H,6-7,10,13-16H2,1-5H3,(H,30,33)/t18-,20+,21+,22?/m0/s1. The molecule has 4 atom stereocenters. The van der Waals surface area contributed by atoms with Crippen LogP contribution < -0.4 is 5.32 Å². The molecule has 2 fully saturated rings. The molecule has 1 aliphatic carbocycles. The first-order valence-corrected chi connectivity index (χ1v) is 12.4. The fourth-order valence-electron chi connectivity index (χ4n) is 5.24. The number of likely N-dealkylation sites (N-methyl/N-ethyl adjacent to an activating group) is 1. The van der Waals surface area contributed by atoms with Crippen molar-refractivity contribution in [1.82, 2.24) is 15.1 Å². The second kappa shape index (κ2) is 10.8. The number of hydrogen-bond donors (Lipinski definition) is 1. The minimum atomic E-state index is -4.33. The zero-order valence-corrected chi connectivity index (χ0v) is 21.3. The molecule has 0 radical (unpaired) electrons. The second-order valence-corrected chi connectivity index (χ2v) is 10.9. The predicted molar refractivity (Wildman–Crippen MR) is 128 cm³/mol. The van der Waals surface area contributed by atoms with Gasteiger partial charge in [-0.1, -0.05) is 25.5 Å². The van der Waals surface area contributed by atoms with E-state index in [1.54, 1.807) is 27.8 Å². The fourth-order valence-corrected chi connectivity index (χ4v) is 5.24. The van der Waals surface area contributed by atoms with Crippen molar-refractivity contribution in [2.45, 2.75) is 83.8 Å². The Hall–Kier alpha value is -2.29. The Balaban J connectivity index is 1.58. The maximum absolute atomic E-state index is 13.2. The van der Waals surface area contributed by atoms with Crippen LogP contribution in [0.5, 0.6) is 0 Å². The van der Waals surface area contributed by atoms with Gasteiger partial charge in [-0.15, -0.1) is 0 Å². The molecule has 1 N–H and O–H groups in total. The van der Waals surface area contributed by atoms with Crippen molar-refractivity contribution in [1.29, 1.82) is 0 Å². The summed E-state index contributed by atoms with van der Waals surface area (Å²) in [5.41, 5.74) is -0.432. The Kier molecular flexibility index (Phi) is 8.40. The molecule has 1 aliphatic heterocycles. The van der Waals surface area contributed by atoms with Crippen LogP contribution in [0.25, 0.3) is 0 Å². The summed E-state index contributed by atoms with van der Waals surface area (Å²) in [6, 6.07) is 4.76. The van der Waals surface area contributed by atoms with Gasteiger partial charge < -0.3 is 10.1 Å². The van der Waals surface area contributed by atoms with E-state index in [2.05, 4.69) is 10.2 Å². The molecule has 2 aliphatic rings. The van der Waals surface area contributed by atoms with Gasteiger partial charge in [-0.3, -0.25) is 14.6 Å². The van der Waals surface area contributed by atoms with Crippen molar-refractivity contribution in [2.75, 3.05) is 20.1 Å². The number of fused-ring (bicyclic) bond motifs is 1. The average Bonchev–Trinajstić information content (AvgIpc) is 3.31. The lowest BCUT2D eigenvalue weighted by Crippen LogP contribution is -2.52. The third-order valence-electron chi connectivity index (χ3n) is 6.96. The van der Waals surface area contributed by atoms with Crippen molar-refractivity contribution in [2.24, 2.45) is 11.8 Å². The van der Waals surface area contributed by atoms with E-state index in [-0.39, 0.29) is 11.9 Å². The number of carbonyl (C=O) groups is 2. The van der Waals surface area contributed by atoms with Gasteiger partial charge in [-0.2, -0.15) is 13.2 Å². The van der Waals surface area contributed by atoms with Gasteiger partial charge in [0, 0.05) is 32.7 Å². The van der Waals surface area contributed by atoms with Crippen LogP contribution in [0.3, 0.4) is 0 Å². The number of likely N-dealkylation sites (tertiary alicyclic amines) is 1. The lowest BCUT2D eigenvalue weighted by Gasteiger charge is -2.31. The molecule has 0 spiro atoms. The van der Waals surface area contributed by atoms with Gasteiger partial charge in [-0.25, -0.2) is 4.79 Å². The van der Waals surface area contributed by atoms with Crippen molar-refractivity contribution < 1.29 is 27.5 Å². The zero-order valence-electron chi connectivity index (χ0n) is 21.3. The van der Waals surface area contributed by atoms with E-state index in [0.29, 0.717) is 24.8 Å². The third-order valence-corrected chi connectivity index (χ3v) is 6.96. The summed E-state index contributed by atoms with van der Waals surface area (Å²) in [7, 11) is 1.60. The highest BCUT2D eigenvalue weighted by atomic mass is 19.4. The number of amides is 2. The van der Waals surface area contributed by atoms with Crippen molar-refractivity contribution in [3.05, 3.63) is 35.4 Å². The maximum Gasteiger partial charge on any atom is 0.416 e. The van der Waals surface area contributed by atoms with E-state index in [1.165, 1.54) is 17.0 Å². The minimum Gasteiger partial charge on any atom is -0.444 e. The van der Waals surface area contributed by atoms with Crippen LogP contribution in [0.4, 0.5) is 18.0 Å². The molecule has 0 aromatic heterocycles. The van der Waals surface area contributed by atoms with Gasteiger partial charge in [0.05, 0.1) is 5.56 Å². The van der Waals surface area contributed by atoms with Gasteiger partial charge in [-0.05, 0) is 69.6 Å². The molecule has 1 heterocycles. The molecule has 196 valence electrons. The van der Waals surface area contributed by atoms with Crippen LogP contribution in [0.1, 0.15) is 64.5 Å². The number of nitrogens with zero attached hydrogens (tertiary/aromatic N) is 2. The van der Waals surface area contributed by atoms with E-state index >= 15 is 0 Å². The molecule has 3 rings (SSSR count). The first-order valence-electron chi connectivity index (χ1n) is 12.4. The number of alkyl halides is 3. The van der Waals surface area contributed by atoms with Gasteiger partial charge in [0.2, 0.25) is 5.91 Å². The first-order chi connectivity index (χ1) is 16.3. The second-order valence-electron chi connectivity index (χ2n) is 10.9. The highest BCUT2D eigenvalue weighted by Gasteiger charge is 2.44. The van der Waals surface area contributed by atoms with Crippen LogP contribution in [-0.2, 0) is 22.3 Å². The highest BCUT2D eigenvalue weighted by Crippen LogP contribution is 2.39. The highest BCUT2D eigenvalue weighted by molar-refractivity contribution is 5.85. The molecule has 6 nitrogen and oxygen atoms in total. The predicted octanol–water partition coefficient (Wildman–Crippen LogP) is 5.07. The third kappa shape index (κ3) is 7.12. The van der Waals surface area contributed by atoms with Crippen molar-refractivity contribution in [3.63, 3.8) is 0 Å². The summed E-state index contributed by atoms with van der Waals surface area (Å²) in [6.07, 6.45) is -1.66. The zero-order chi connectivity index (χ0) is 26.0. The van der Waals surface area contributed by atoms with Crippen molar-refractivity contribution >= 4 is 12.0 Å². The van der Waals surface area contributed by atoms with E-state index in [1.807, 2.05) is 6.92 Å². The molecule has 1 saturated heterocycles. The van der Waals surface area contributed by atoms with Gasteiger partial charge in [0.1, 0.15) is 11.6 Å². The summed E-state index contributed by atoms with van der Waals surface area (Å²) < 4.78 is 43.9. The molecular weight excluding hydrogens is 459 g/mol. The minimum absolute atomic E-state index is 0.0245. The Morgan fingerprint density at radius 1 is 1.14 bits per heavy atom. The quantitative estimate of drug-likeness (QED) is 0.572. The Labute approximate surface area is 206 Å². The fraction of sp³-hybridized carbons (Fsp3) is 0.692. The van der Waals surface area contributed by atoms with Gasteiger partial charge in [0.25, 0.3) is 0 Å². The lowest BCUT2D eigenvalue weighted by molar-refractivity contribution is -0.137. The summed E-state index contributed by atoms with van der Waals surface area (Å²) in [5.74, 6) is 0.581. The molecule has 1 aromatic carbocycles. The number of rotatable bonds is 7. The van der Waals surface area contributed by atoms with Crippen LogP contribution >= 0.6 is 0 Å². The van der Waals surface area contributed by atoms with E-state index in [4.69, 9.17) is 4.74 Å². The van der Waals surface area contributed by atoms with Crippen LogP contribution in [0.2, 0.25) is 0 Å². The topological polar surface area (TPSA) is 61.9 Å². The Morgan fingerprint density at radius 3 is 2.37 bits per heavy atom. The number of nitrogens with one attached hydrogen (secondary N) is 1. The molecular formula is C26H38F3N3O3. The largest absolute Gasteiger partial charge is 0.444 e. The van der Waals surface area contributed by atoms with Crippen LogP contribution in [0, 0.1) is 11.8 Å². The molecule has 1 saturated carbocycles. The number of carbonyl (C=O) groups excluding carboxylic acids is 2. The first kappa shape index (κ1) is 27.3. The monoisotopic (exact) mass is 497 g/mol.